The molecule has 0 saturated carbocycles. The van der Waals surface area contributed by atoms with Crippen LogP contribution in [0.3, 0.4) is 0 Å². The standard InChI is InChI=1S/C43H42N2O7/c1-27-39(25-44(2)24-38(48)33-11-7-13-35(47)22-33)51-43(52-40(27)30-18-16-28(26-46)17-19-30)34-12-6-10-32(21-34)31-9-5-8-29(20-31)23-45-41(49)36-14-3-4-15-37(36)42(45)50/h3-22,27,38-40,43,46-48H,23-26H2,1-2H3/t27-,38+,39+,40+,43+/m0/s1. The predicted octanol–water partition coefficient (Wildman–Crippen LogP) is 6.80. The number of rotatable bonds is 11. The summed E-state index contributed by atoms with van der Waals surface area (Å²) in [7, 11) is 1.94. The summed E-state index contributed by atoms with van der Waals surface area (Å²) in [6.45, 7) is 3.07. The number of fused-ring (bicyclic) bond motifs is 1. The fourth-order valence-electron chi connectivity index (χ4n) is 7.12. The molecule has 9 heteroatoms. The fourth-order valence-corrected chi connectivity index (χ4v) is 7.12. The van der Waals surface area contributed by atoms with Gasteiger partial charge in [0.25, 0.3) is 11.8 Å². The molecule has 5 aromatic carbocycles. The highest BCUT2D eigenvalue weighted by atomic mass is 16.7. The van der Waals surface area contributed by atoms with Crippen LogP contribution >= 0.6 is 0 Å². The van der Waals surface area contributed by atoms with E-state index in [0.717, 1.165) is 33.4 Å². The molecule has 2 amide bonds. The first-order valence-electron chi connectivity index (χ1n) is 17.5. The van der Waals surface area contributed by atoms with E-state index in [1.165, 1.54) is 4.90 Å². The van der Waals surface area contributed by atoms with Crippen LogP contribution in [0.2, 0.25) is 0 Å². The SMILES string of the molecule is C[C@H]1[C@@H](CN(C)C[C@@H](O)c2cccc(O)c2)O[C@@H](c2cccc(-c3cccc(CN4C(=O)c5ccccc5C4=O)c3)c2)O[C@H]1c1ccc(CO)cc1. The maximum Gasteiger partial charge on any atom is 0.261 e. The highest BCUT2D eigenvalue weighted by Crippen LogP contribution is 2.42. The Balaban J connectivity index is 1.12. The van der Waals surface area contributed by atoms with E-state index >= 15 is 0 Å². The number of nitrogens with zero attached hydrogens (tertiary/aromatic N) is 2. The fraction of sp³-hybridized carbons (Fsp3) is 0.256. The van der Waals surface area contributed by atoms with E-state index in [0.29, 0.717) is 29.8 Å². The largest absolute Gasteiger partial charge is 0.508 e. The van der Waals surface area contributed by atoms with Crippen LogP contribution in [0.15, 0.2) is 121 Å². The quantitative estimate of drug-likeness (QED) is 0.129. The minimum Gasteiger partial charge on any atom is -0.508 e. The summed E-state index contributed by atoms with van der Waals surface area (Å²) in [6.07, 6.45) is -2.08. The van der Waals surface area contributed by atoms with Gasteiger partial charge in [-0.2, -0.15) is 0 Å². The van der Waals surface area contributed by atoms with Gasteiger partial charge in [0.15, 0.2) is 6.29 Å². The zero-order valence-electron chi connectivity index (χ0n) is 29.1. The van der Waals surface area contributed by atoms with Crippen molar-refractivity contribution >= 4 is 11.8 Å². The van der Waals surface area contributed by atoms with Gasteiger partial charge < -0.3 is 29.7 Å². The van der Waals surface area contributed by atoms with Crippen molar-refractivity contribution in [2.75, 3.05) is 20.1 Å². The topological polar surface area (TPSA) is 120 Å². The van der Waals surface area contributed by atoms with E-state index in [9.17, 15) is 24.9 Å². The van der Waals surface area contributed by atoms with E-state index < -0.39 is 12.4 Å². The number of hydrogen-bond acceptors (Lipinski definition) is 8. The summed E-state index contributed by atoms with van der Waals surface area (Å²) in [5.74, 6) is -0.527. The van der Waals surface area contributed by atoms with E-state index in [4.69, 9.17) is 9.47 Å². The van der Waals surface area contributed by atoms with Crippen molar-refractivity contribution in [1.82, 2.24) is 9.80 Å². The number of phenols is 1. The summed E-state index contributed by atoms with van der Waals surface area (Å²) in [5, 5.41) is 30.5. The van der Waals surface area contributed by atoms with Crippen molar-refractivity contribution < 1.29 is 34.4 Å². The molecule has 0 spiro atoms. The molecule has 1 saturated heterocycles. The zero-order chi connectivity index (χ0) is 36.4. The van der Waals surface area contributed by atoms with Crippen LogP contribution in [0.25, 0.3) is 11.1 Å². The summed E-state index contributed by atoms with van der Waals surface area (Å²) in [6, 6.07) is 37.1. The number of ether oxygens (including phenoxy) is 2. The first-order chi connectivity index (χ1) is 25.2. The Hall–Kier alpha value is -5.16. The second-order valence-corrected chi connectivity index (χ2v) is 13.7. The average Bonchev–Trinajstić information content (AvgIpc) is 3.40. The van der Waals surface area contributed by atoms with Gasteiger partial charge in [0.2, 0.25) is 0 Å². The maximum atomic E-state index is 13.0. The molecule has 2 heterocycles. The number of aliphatic hydroxyl groups excluding tert-OH is 2. The van der Waals surface area contributed by atoms with Gasteiger partial charge in [-0.05, 0) is 76.8 Å². The van der Waals surface area contributed by atoms with Crippen LogP contribution in [0, 0.1) is 5.92 Å². The molecule has 266 valence electrons. The van der Waals surface area contributed by atoms with Crippen LogP contribution in [0.5, 0.6) is 5.75 Å². The number of hydrogen-bond donors (Lipinski definition) is 3. The molecule has 52 heavy (non-hydrogen) atoms. The smallest absolute Gasteiger partial charge is 0.261 e. The molecule has 7 rings (SSSR count). The molecular formula is C43H42N2O7. The van der Waals surface area contributed by atoms with Crippen molar-refractivity contribution in [3.63, 3.8) is 0 Å². The number of phenolic OH excluding ortho intramolecular Hbond substituents is 1. The lowest BCUT2D eigenvalue weighted by Crippen LogP contribution is -2.44. The Kier molecular flexibility index (Phi) is 10.3. The highest BCUT2D eigenvalue weighted by Gasteiger charge is 2.39. The monoisotopic (exact) mass is 698 g/mol. The van der Waals surface area contributed by atoms with Crippen LogP contribution in [0.1, 0.15) is 74.0 Å². The molecule has 3 N–H and O–H groups in total. The Labute approximate surface area is 303 Å². The second-order valence-electron chi connectivity index (χ2n) is 13.7. The van der Waals surface area contributed by atoms with Crippen molar-refractivity contribution in [2.24, 2.45) is 5.92 Å². The third-order valence-corrected chi connectivity index (χ3v) is 9.99. The second kappa shape index (κ2) is 15.2. The van der Waals surface area contributed by atoms with E-state index in [1.807, 2.05) is 84.7 Å². The summed E-state index contributed by atoms with van der Waals surface area (Å²) in [4.78, 5) is 29.4. The molecule has 1 fully saturated rings. The molecule has 9 nitrogen and oxygen atoms in total. The molecule has 2 aliphatic rings. The van der Waals surface area contributed by atoms with Gasteiger partial charge >= 0.3 is 0 Å². The van der Waals surface area contributed by atoms with Gasteiger partial charge in [-0.3, -0.25) is 14.5 Å². The lowest BCUT2D eigenvalue weighted by atomic mass is 9.89. The molecule has 0 radical (unpaired) electrons. The molecular weight excluding hydrogens is 656 g/mol. The van der Waals surface area contributed by atoms with E-state index in [-0.39, 0.29) is 48.8 Å². The summed E-state index contributed by atoms with van der Waals surface area (Å²) in [5.41, 5.74) is 6.80. The van der Waals surface area contributed by atoms with Crippen LogP contribution < -0.4 is 0 Å². The van der Waals surface area contributed by atoms with Gasteiger partial charge in [0, 0.05) is 24.6 Å². The van der Waals surface area contributed by atoms with Gasteiger partial charge in [0.05, 0.1) is 42.6 Å². The number of aromatic hydroxyl groups is 1. The number of carbonyl (C=O) groups excluding carboxylic acids is 2. The van der Waals surface area contributed by atoms with Crippen molar-refractivity contribution in [2.45, 2.75) is 44.7 Å². The molecule has 0 bridgehead atoms. The summed E-state index contributed by atoms with van der Waals surface area (Å²) < 4.78 is 13.4. The molecule has 5 aromatic rings. The minimum atomic E-state index is -0.797. The molecule has 0 aliphatic carbocycles. The Morgan fingerprint density at radius 1 is 0.750 bits per heavy atom. The van der Waals surface area contributed by atoms with Gasteiger partial charge in [-0.25, -0.2) is 0 Å². The summed E-state index contributed by atoms with van der Waals surface area (Å²) >= 11 is 0. The molecule has 0 unspecified atom stereocenters. The first kappa shape index (κ1) is 35.3. The van der Waals surface area contributed by atoms with Crippen LogP contribution in [0.4, 0.5) is 0 Å². The number of amides is 2. The Morgan fingerprint density at radius 2 is 1.42 bits per heavy atom. The van der Waals surface area contributed by atoms with Gasteiger partial charge in [0.1, 0.15) is 5.75 Å². The molecule has 2 aliphatic heterocycles. The average molecular weight is 699 g/mol. The maximum absolute atomic E-state index is 13.0. The predicted molar refractivity (Wildman–Crippen MR) is 196 cm³/mol. The van der Waals surface area contributed by atoms with Crippen molar-refractivity contribution in [3.8, 4) is 16.9 Å². The van der Waals surface area contributed by atoms with Crippen LogP contribution in [-0.2, 0) is 22.6 Å². The number of imide groups is 1. The normalized spacial score (nSPS) is 20.7. The number of likely N-dealkylation sites (N-methyl/N-ethyl adjacent to an activating group) is 1. The van der Waals surface area contributed by atoms with E-state index in [2.05, 4.69) is 6.92 Å². The van der Waals surface area contributed by atoms with Crippen molar-refractivity contribution in [1.29, 1.82) is 0 Å². The Bertz CT molecular complexity index is 2030. The van der Waals surface area contributed by atoms with Crippen LogP contribution in [-0.4, -0.2) is 63.2 Å². The lowest BCUT2D eigenvalue weighted by molar-refractivity contribution is -0.276. The first-order valence-corrected chi connectivity index (χ1v) is 17.5. The third-order valence-electron chi connectivity index (χ3n) is 9.99. The van der Waals surface area contributed by atoms with Gasteiger partial charge in [-0.1, -0.05) is 91.9 Å². The minimum absolute atomic E-state index is 0.0473. The zero-order valence-corrected chi connectivity index (χ0v) is 29.1. The lowest BCUT2D eigenvalue weighted by Gasteiger charge is -2.42. The Morgan fingerprint density at radius 3 is 2.12 bits per heavy atom. The highest BCUT2D eigenvalue weighted by molar-refractivity contribution is 6.21. The van der Waals surface area contributed by atoms with Crippen molar-refractivity contribution in [3.05, 3.63) is 160 Å². The van der Waals surface area contributed by atoms with E-state index in [1.54, 1.807) is 48.5 Å². The number of benzene rings is 5. The van der Waals surface area contributed by atoms with Gasteiger partial charge in [-0.15, -0.1) is 0 Å². The number of aliphatic hydroxyl groups is 2. The molecule has 0 aromatic heterocycles. The number of carbonyl (C=O) groups is 2. The third kappa shape index (κ3) is 7.41. The molecule has 5 atom stereocenters.